The monoisotopic (exact) mass is 566 g/mol. The molecule has 6 rings (SSSR count). The minimum atomic E-state index is 0.135. The number of carbonyl (C=O) groups is 1. The maximum absolute atomic E-state index is 14.3. The van der Waals surface area contributed by atoms with Gasteiger partial charge in [0.15, 0.2) is 5.78 Å². The third-order valence-corrected chi connectivity index (χ3v) is 8.95. The van der Waals surface area contributed by atoms with E-state index in [1.807, 2.05) is 36.7 Å². The lowest BCUT2D eigenvalue weighted by atomic mass is 9.85. The lowest BCUT2D eigenvalue weighted by molar-refractivity contribution is 0.103. The van der Waals surface area contributed by atoms with Crippen LogP contribution < -0.4 is 9.47 Å². The van der Waals surface area contributed by atoms with Gasteiger partial charge in [-0.05, 0) is 111 Å². The molecule has 0 unspecified atom stereocenters. The van der Waals surface area contributed by atoms with E-state index in [2.05, 4.69) is 32.1 Å². The third kappa shape index (κ3) is 6.94. The second-order valence-corrected chi connectivity index (χ2v) is 11.8. The average molecular weight is 567 g/mol. The predicted molar refractivity (Wildman–Crippen MR) is 164 cm³/mol. The van der Waals surface area contributed by atoms with Crippen LogP contribution in [0.25, 0.3) is 0 Å². The number of rotatable bonds is 14. The molecule has 0 radical (unpaired) electrons. The molecular weight excluding hydrogens is 524 g/mol. The van der Waals surface area contributed by atoms with E-state index in [1.165, 1.54) is 25.7 Å². The third-order valence-electron chi connectivity index (χ3n) is 8.95. The van der Waals surface area contributed by atoms with Gasteiger partial charge in [0, 0.05) is 34.9 Å². The molecule has 2 N–H and O–H groups in total. The number of aryl methyl sites for hydroxylation is 2. The molecule has 0 atom stereocenters. The SMILES string of the molecule is O=C(c1ccc(OCCCc2cnc[nH]2)cc1C1CCCC1)c1ccc(OCCCc2cnc[nH]2)cc1C1CCCC1. The second kappa shape index (κ2) is 13.9. The minimum Gasteiger partial charge on any atom is -0.494 e. The highest BCUT2D eigenvalue weighted by Gasteiger charge is 2.28. The molecule has 2 saturated carbocycles. The van der Waals surface area contributed by atoms with E-state index >= 15 is 0 Å². The summed E-state index contributed by atoms with van der Waals surface area (Å²) in [5.74, 6) is 2.66. The van der Waals surface area contributed by atoms with Gasteiger partial charge < -0.3 is 19.4 Å². The van der Waals surface area contributed by atoms with E-state index in [0.717, 1.165) is 96.5 Å². The summed E-state index contributed by atoms with van der Waals surface area (Å²) in [7, 11) is 0. The molecule has 2 aliphatic rings. The predicted octanol–water partition coefficient (Wildman–Crippen LogP) is 7.70. The van der Waals surface area contributed by atoms with Crippen molar-refractivity contribution >= 4 is 5.78 Å². The Morgan fingerprint density at radius 3 is 1.55 bits per heavy atom. The highest BCUT2D eigenvalue weighted by molar-refractivity contribution is 6.11. The van der Waals surface area contributed by atoms with E-state index in [1.54, 1.807) is 12.7 Å². The largest absolute Gasteiger partial charge is 0.494 e. The van der Waals surface area contributed by atoms with Crippen LogP contribution in [0, 0.1) is 0 Å². The summed E-state index contributed by atoms with van der Waals surface area (Å²) in [5, 5.41) is 0. The normalized spacial score (nSPS) is 15.8. The van der Waals surface area contributed by atoms with Crippen molar-refractivity contribution in [2.75, 3.05) is 13.2 Å². The highest BCUT2D eigenvalue weighted by Crippen LogP contribution is 2.41. The summed E-state index contributed by atoms with van der Waals surface area (Å²) in [6, 6.07) is 12.3. The van der Waals surface area contributed by atoms with Crippen LogP contribution in [0.4, 0.5) is 0 Å². The minimum absolute atomic E-state index is 0.135. The van der Waals surface area contributed by atoms with Crippen molar-refractivity contribution in [2.45, 2.75) is 88.9 Å². The van der Waals surface area contributed by atoms with Crippen molar-refractivity contribution in [3.8, 4) is 11.5 Å². The van der Waals surface area contributed by atoms with E-state index in [9.17, 15) is 4.79 Å². The Labute approximate surface area is 248 Å². The number of hydrogen-bond donors (Lipinski definition) is 2. The van der Waals surface area contributed by atoms with Crippen molar-refractivity contribution in [1.29, 1.82) is 0 Å². The fourth-order valence-corrected chi connectivity index (χ4v) is 6.72. The Morgan fingerprint density at radius 2 is 1.14 bits per heavy atom. The van der Waals surface area contributed by atoms with Crippen molar-refractivity contribution in [2.24, 2.45) is 0 Å². The van der Waals surface area contributed by atoms with Crippen LogP contribution in [0.2, 0.25) is 0 Å². The lowest BCUT2D eigenvalue weighted by Crippen LogP contribution is -2.12. The van der Waals surface area contributed by atoms with Crippen LogP contribution in [0.1, 0.15) is 114 Å². The standard InChI is InChI=1S/C35H42N4O3/c40-35(31-15-13-29(19-33(31)25-7-1-2-8-25)41-17-5-11-27-21-36-23-38-27)32-16-14-30(20-34(32)26-9-3-4-10-26)42-18-6-12-28-22-37-24-39-28/h13-16,19-26H,1-12,17-18H2,(H,36,38)(H,37,39). The van der Waals surface area contributed by atoms with Crippen molar-refractivity contribution in [1.82, 2.24) is 19.9 Å². The summed E-state index contributed by atoms with van der Waals surface area (Å²) >= 11 is 0. The number of aromatic nitrogens is 4. The number of benzene rings is 2. The summed E-state index contributed by atoms with van der Waals surface area (Å²) in [6.07, 6.45) is 20.1. The zero-order chi connectivity index (χ0) is 28.6. The van der Waals surface area contributed by atoms with E-state index in [0.29, 0.717) is 25.0 Å². The number of hydrogen-bond acceptors (Lipinski definition) is 5. The molecule has 42 heavy (non-hydrogen) atoms. The quantitative estimate of drug-likeness (QED) is 0.120. The van der Waals surface area contributed by atoms with Crippen molar-refractivity contribution in [3.63, 3.8) is 0 Å². The first-order valence-corrected chi connectivity index (χ1v) is 15.8. The van der Waals surface area contributed by atoms with Crippen LogP contribution in [0.3, 0.4) is 0 Å². The first-order chi connectivity index (χ1) is 20.7. The molecule has 0 aliphatic heterocycles. The number of nitrogens with one attached hydrogen (secondary N) is 2. The van der Waals surface area contributed by atoms with Gasteiger partial charge in [0.2, 0.25) is 0 Å². The Bertz CT molecular complexity index is 1310. The number of ether oxygens (including phenoxy) is 2. The number of imidazole rings is 2. The molecule has 2 aromatic heterocycles. The molecule has 0 amide bonds. The van der Waals surface area contributed by atoms with Crippen LogP contribution >= 0.6 is 0 Å². The van der Waals surface area contributed by atoms with Gasteiger partial charge in [0.1, 0.15) is 11.5 Å². The fraction of sp³-hybridized carbons (Fsp3) is 0.457. The summed E-state index contributed by atoms with van der Waals surface area (Å²) in [4.78, 5) is 28.8. The van der Waals surface area contributed by atoms with Gasteiger partial charge >= 0.3 is 0 Å². The molecule has 2 aromatic carbocycles. The van der Waals surface area contributed by atoms with E-state index in [-0.39, 0.29) is 5.78 Å². The molecule has 4 aromatic rings. The van der Waals surface area contributed by atoms with Gasteiger partial charge in [-0.15, -0.1) is 0 Å². The van der Waals surface area contributed by atoms with E-state index < -0.39 is 0 Å². The fourth-order valence-electron chi connectivity index (χ4n) is 6.72. The topological polar surface area (TPSA) is 92.9 Å². The van der Waals surface area contributed by atoms with Gasteiger partial charge in [-0.3, -0.25) is 4.79 Å². The van der Waals surface area contributed by atoms with Gasteiger partial charge in [-0.25, -0.2) is 9.97 Å². The molecule has 2 heterocycles. The van der Waals surface area contributed by atoms with Crippen molar-refractivity contribution in [3.05, 3.63) is 95.1 Å². The van der Waals surface area contributed by atoms with Gasteiger partial charge in [0.05, 0.1) is 25.9 Å². The second-order valence-electron chi connectivity index (χ2n) is 11.8. The first-order valence-electron chi connectivity index (χ1n) is 15.8. The Balaban J connectivity index is 1.19. The molecule has 0 bridgehead atoms. The van der Waals surface area contributed by atoms with Crippen LogP contribution in [0.5, 0.6) is 11.5 Å². The number of H-pyrrole nitrogens is 2. The first kappa shape index (κ1) is 28.3. The molecular formula is C35H42N4O3. The lowest BCUT2D eigenvalue weighted by Gasteiger charge is -2.20. The molecule has 2 aliphatic carbocycles. The number of aromatic amines is 2. The molecule has 7 heteroatoms. The molecule has 0 saturated heterocycles. The zero-order valence-electron chi connectivity index (χ0n) is 24.4. The zero-order valence-corrected chi connectivity index (χ0v) is 24.4. The maximum atomic E-state index is 14.3. The summed E-state index contributed by atoms with van der Waals surface area (Å²) in [5.41, 5.74) is 6.21. The van der Waals surface area contributed by atoms with Gasteiger partial charge in [-0.1, -0.05) is 25.7 Å². The Hall–Kier alpha value is -3.87. The van der Waals surface area contributed by atoms with Crippen LogP contribution in [-0.4, -0.2) is 38.9 Å². The summed E-state index contributed by atoms with van der Waals surface area (Å²) in [6.45, 7) is 1.26. The molecule has 7 nitrogen and oxygen atoms in total. The number of ketones is 1. The van der Waals surface area contributed by atoms with Gasteiger partial charge in [0.25, 0.3) is 0 Å². The van der Waals surface area contributed by atoms with E-state index in [4.69, 9.17) is 9.47 Å². The van der Waals surface area contributed by atoms with Crippen LogP contribution in [0.15, 0.2) is 61.4 Å². The Kier molecular flexibility index (Phi) is 9.33. The Morgan fingerprint density at radius 1 is 0.690 bits per heavy atom. The number of nitrogens with zero attached hydrogens (tertiary/aromatic N) is 2. The maximum Gasteiger partial charge on any atom is 0.193 e. The average Bonchev–Trinajstić information content (AvgIpc) is 3.85. The molecule has 220 valence electrons. The number of carbonyl (C=O) groups excluding carboxylic acids is 1. The summed E-state index contributed by atoms with van der Waals surface area (Å²) < 4.78 is 12.3. The molecule has 0 spiro atoms. The van der Waals surface area contributed by atoms with Crippen LogP contribution in [-0.2, 0) is 12.8 Å². The highest BCUT2D eigenvalue weighted by atomic mass is 16.5. The molecule has 2 fully saturated rings. The van der Waals surface area contributed by atoms with Gasteiger partial charge in [-0.2, -0.15) is 0 Å². The van der Waals surface area contributed by atoms with Crippen molar-refractivity contribution < 1.29 is 14.3 Å². The smallest absolute Gasteiger partial charge is 0.193 e.